The smallest absolute Gasteiger partial charge is 0.259 e. The Labute approximate surface area is 196 Å². The summed E-state index contributed by atoms with van der Waals surface area (Å²) in [6, 6.07) is 13.2. The van der Waals surface area contributed by atoms with E-state index < -0.39 is 0 Å². The maximum absolute atomic E-state index is 12.1. The van der Waals surface area contributed by atoms with Gasteiger partial charge >= 0.3 is 0 Å². The molecule has 0 atom stereocenters. The van der Waals surface area contributed by atoms with Crippen LogP contribution in [0.25, 0.3) is 10.9 Å². The van der Waals surface area contributed by atoms with Gasteiger partial charge in [-0.25, -0.2) is 9.37 Å². The number of para-hydroxylation sites is 1. The van der Waals surface area contributed by atoms with E-state index in [0.29, 0.717) is 40.0 Å². The van der Waals surface area contributed by atoms with Gasteiger partial charge in [0.15, 0.2) is 5.16 Å². The molecule has 1 heterocycles. The number of rotatable bonds is 6. The normalized spacial score (nSPS) is 13.8. The van der Waals surface area contributed by atoms with Crippen molar-refractivity contribution in [2.75, 3.05) is 5.75 Å². The first-order chi connectivity index (χ1) is 15.5. The van der Waals surface area contributed by atoms with E-state index in [-0.39, 0.29) is 17.3 Å². The molecule has 1 aliphatic carbocycles. The molecule has 9 heteroatoms. The van der Waals surface area contributed by atoms with Crippen LogP contribution in [0.2, 0.25) is 0 Å². The van der Waals surface area contributed by atoms with Gasteiger partial charge in [0.05, 0.1) is 10.9 Å². The monoisotopic (exact) mass is 475 g/mol. The summed E-state index contributed by atoms with van der Waals surface area (Å²) in [7, 11) is 0. The number of nitrogens with zero attached hydrogens (tertiary/aromatic N) is 1. The quantitative estimate of drug-likeness (QED) is 0.204. The maximum atomic E-state index is 12.1. The summed E-state index contributed by atoms with van der Waals surface area (Å²) in [4.78, 5) is 31.1. The molecule has 1 aliphatic rings. The van der Waals surface area contributed by atoms with E-state index >= 15 is 0 Å². The first-order valence-corrected chi connectivity index (χ1v) is 11.9. The molecule has 4 rings (SSSR count). The largest absolute Gasteiger partial charge is 0.429 e. The molecule has 32 heavy (non-hydrogen) atoms. The van der Waals surface area contributed by atoms with Crippen molar-refractivity contribution in [2.24, 2.45) is 0 Å². The summed E-state index contributed by atoms with van der Waals surface area (Å²) in [5, 5.41) is 4.26. The Morgan fingerprint density at radius 2 is 1.88 bits per heavy atom. The van der Waals surface area contributed by atoms with Gasteiger partial charge in [0, 0.05) is 31.1 Å². The van der Waals surface area contributed by atoms with E-state index in [1.165, 1.54) is 55.3 Å². The molecule has 2 aromatic carbocycles. The lowest BCUT2D eigenvalue weighted by atomic mass is 9.95. The molecule has 3 aromatic rings. The van der Waals surface area contributed by atoms with Gasteiger partial charge in [0.1, 0.15) is 11.6 Å². The van der Waals surface area contributed by atoms with Crippen LogP contribution in [0.4, 0.5) is 4.39 Å². The van der Waals surface area contributed by atoms with E-state index in [2.05, 4.69) is 32.4 Å². The number of nitrogens with one attached hydrogen (secondary N) is 2. The lowest BCUT2D eigenvalue weighted by Gasteiger charge is -2.22. The predicted molar refractivity (Wildman–Crippen MR) is 129 cm³/mol. The summed E-state index contributed by atoms with van der Waals surface area (Å²) in [6.45, 7) is 0. The standard InChI is InChI=1S/C17H21N3O2S.C6H5FOS/c21-15(18-12-6-2-1-3-7-12)10-11-23-17-19-14-9-5-4-8-13(14)16(22)20-17;7-5-1-3-6(8-9)4-2-5/h4-5,8-9,12H,1-3,6-7,10-11H2,(H,18,21)(H,19,20,22);1-4,9H. The van der Waals surface area contributed by atoms with Crippen molar-refractivity contribution in [3.05, 3.63) is 64.7 Å². The number of fused-ring (bicyclic) bond motifs is 1. The van der Waals surface area contributed by atoms with Gasteiger partial charge in [-0.1, -0.05) is 43.2 Å². The summed E-state index contributed by atoms with van der Waals surface area (Å²) in [5.74, 6) is 0.969. The average Bonchev–Trinajstić information content (AvgIpc) is 2.81. The summed E-state index contributed by atoms with van der Waals surface area (Å²) < 4.78 is 16.6. The molecule has 170 valence electrons. The third-order valence-electron chi connectivity index (χ3n) is 5.05. The minimum atomic E-state index is -0.274. The molecule has 0 saturated heterocycles. The second kappa shape index (κ2) is 12.5. The fraction of sp³-hybridized carbons (Fsp3) is 0.348. The number of amides is 1. The Morgan fingerprint density at radius 3 is 2.59 bits per heavy atom. The van der Waals surface area contributed by atoms with Crippen LogP contribution in [0.1, 0.15) is 38.5 Å². The minimum Gasteiger partial charge on any atom is -0.429 e. The number of thioether (sulfide) groups is 1. The van der Waals surface area contributed by atoms with Crippen LogP contribution in [-0.2, 0) is 4.79 Å². The number of carbonyl (C=O) groups excluding carboxylic acids is 1. The van der Waals surface area contributed by atoms with Crippen LogP contribution in [0.3, 0.4) is 0 Å². The topological polar surface area (TPSA) is 84.1 Å². The lowest BCUT2D eigenvalue weighted by Crippen LogP contribution is -2.36. The van der Waals surface area contributed by atoms with E-state index in [4.69, 9.17) is 0 Å². The van der Waals surface area contributed by atoms with E-state index in [1.807, 2.05) is 18.2 Å². The van der Waals surface area contributed by atoms with Crippen LogP contribution in [0.5, 0.6) is 5.75 Å². The highest BCUT2D eigenvalue weighted by molar-refractivity contribution is 7.99. The highest BCUT2D eigenvalue weighted by Gasteiger charge is 2.15. The molecule has 1 fully saturated rings. The van der Waals surface area contributed by atoms with Crippen LogP contribution < -0.4 is 15.1 Å². The Hall–Kier alpha value is -2.52. The predicted octanol–water partition coefficient (Wildman–Crippen LogP) is 4.90. The number of hydrogen-bond donors (Lipinski definition) is 3. The van der Waals surface area contributed by atoms with Crippen LogP contribution in [0.15, 0.2) is 58.5 Å². The summed E-state index contributed by atoms with van der Waals surface area (Å²) >= 11 is 4.93. The van der Waals surface area contributed by atoms with Crippen molar-refractivity contribution in [3.63, 3.8) is 0 Å². The number of aromatic amines is 1. The van der Waals surface area contributed by atoms with E-state index in [0.717, 1.165) is 12.8 Å². The van der Waals surface area contributed by atoms with Crippen molar-refractivity contribution in [3.8, 4) is 5.75 Å². The van der Waals surface area contributed by atoms with Crippen molar-refractivity contribution in [1.29, 1.82) is 0 Å². The van der Waals surface area contributed by atoms with Gasteiger partial charge in [-0.3, -0.25) is 9.59 Å². The number of benzene rings is 2. The zero-order chi connectivity index (χ0) is 22.8. The van der Waals surface area contributed by atoms with Crippen LogP contribution in [-0.4, -0.2) is 27.7 Å². The van der Waals surface area contributed by atoms with Crippen molar-refractivity contribution in [1.82, 2.24) is 15.3 Å². The lowest BCUT2D eigenvalue weighted by molar-refractivity contribution is -0.121. The molecule has 1 aromatic heterocycles. The molecule has 6 nitrogen and oxygen atoms in total. The molecule has 0 spiro atoms. The third-order valence-corrected chi connectivity index (χ3v) is 6.13. The molecule has 2 N–H and O–H groups in total. The van der Waals surface area contributed by atoms with Crippen molar-refractivity contribution in [2.45, 2.75) is 49.7 Å². The molecule has 1 amide bonds. The zero-order valence-electron chi connectivity index (χ0n) is 17.6. The van der Waals surface area contributed by atoms with Crippen LogP contribution >= 0.6 is 24.7 Å². The fourth-order valence-electron chi connectivity index (χ4n) is 3.42. The Balaban J connectivity index is 0.000000269. The molecule has 0 aliphatic heterocycles. The number of hydrogen-bond acceptors (Lipinski definition) is 6. The molecular formula is C23H26FN3O3S2. The second-order valence-corrected chi connectivity index (χ2v) is 8.70. The first kappa shape index (κ1) is 24.1. The first-order valence-electron chi connectivity index (χ1n) is 10.5. The Kier molecular flexibility index (Phi) is 9.43. The molecule has 1 saturated carbocycles. The number of thiol groups is 1. The van der Waals surface area contributed by atoms with Gasteiger partial charge in [0.25, 0.3) is 5.56 Å². The maximum Gasteiger partial charge on any atom is 0.259 e. The molecule has 0 bridgehead atoms. The van der Waals surface area contributed by atoms with Crippen molar-refractivity contribution < 1.29 is 13.4 Å². The average molecular weight is 476 g/mol. The number of H-pyrrole nitrogens is 1. The number of halogens is 1. The summed E-state index contributed by atoms with van der Waals surface area (Å²) in [6.07, 6.45) is 6.33. The van der Waals surface area contributed by atoms with E-state index in [9.17, 15) is 14.0 Å². The van der Waals surface area contributed by atoms with Gasteiger partial charge in [-0.15, -0.1) is 0 Å². The number of carbonyl (C=O) groups is 1. The van der Waals surface area contributed by atoms with Crippen molar-refractivity contribution >= 4 is 41.5 Å². The SMILES string of the molecule is Fc1ccc(OS)cc1.O=C(CCSc1nc2ccccc2c(=O)[nH]1)NC1CCCCC1. The minimum absolute atomic E-state index is 0.0903. The highest BCUT2D eigenvalue weighted by Crippen LogP contribution is 2.18. The Morgan fingerprint density at radius 1 is 1.16 bits per heavy atom. The molecule has 0 unspecified atom stereocenters. The second-order valence-electron chi connectivity index (χ2n) is 7.43. The van der Waals surface area contributed by atoms with Gasteiger partial charge in [0.2, 0.25) is 5.91 Å². The van der Waals surface area contributed by atoms with E-state index in [1.54, 1.807) is 6.07 Å². The Bertz CT molecular complexity index is 1070. The summed E-state index contributed by atoms with van der Waals surface area (Å²) in [5.41, 5.74) is 0.551. The molecule has 0 radical (unpaired) electrons. The van der Waals surface area contributed by atoms with Gasteiger partial charge in [-0.05, 0) is 49.2 Å². The molecular weight excluding hydrogens is 449 g/mol. The fourth-order valence-corrected chi connectivity index (χ4v) is 4.35. The highest BCUT2D eigenvalue weighted by atomic mass is 32.2. The third kappa shape index (κ3) is 7.56. The van der Waals surface area contributed by atoms with Crippen LogP contribution in [0, 0.1) is 5.82 Å². The number of aromatic nitrogens is 2. The van der Waals surface area contributed by atoms with Gasteiger partial charge in [-0.2, -0.15) is 0 Å². The zero-order valence-corrected chi connectivity index (χ0v) is 19.3. The van der Waals surface area contributed by atoms with Gasteiger partial charge < -0.3 is 14.5 Å².